The molecule has 3 heterocycles. The molecule has 0 amide bonds. The fraction of sp³-hybridized carbons (Fsp3) is 0.350. The molecule has 4 rings (SSSR count). The minimum absolute atomic E-state index is 0.133. The Balaban J connectivity index is 1.64. The van der Waals surface area contributed by atoms with Gasteiger partial charge in [0.25, 0.3) is 5.56 Å². The van der Waals surface area contributed by atoms with Gasteiger partial charge in [-0.15, -0.1) is 0 Å². The van der Waals surface area contributed by atoms with E-state index in [-0.39, 0.29) is 18.8 Å². The van der Waals surface area contributed by atoms with Crippen molar-refractivity contribution in [2.75, 3.05) is 18.5 Å². The van der Waals surface area contributed by atoms with Crippen LogP contribution in [0.1, 0.15) is 5.56 Å². The highest BCUT2D eigenvalue weighted by molar-refractivity contribution is 5.89. The molecule has 1 aliphatic rings. The van der Waals surface area contributed by atoms with Gasteiger partial charge in [0.1, 0.15) is 24.1 Å². The number of aromatic nitrogens is 1. The molecule has 0 radical (unpaired) electrons. The third-order valence-electron chi connectivity index (χ3n) is 5.21. The van der Waals surface area contributed by atoms with Gasteiger partial charge in [0.2, 0.25) is 0 Å². The molecule has 28 heavy (non-hydrogen) atoms. The first-order chi connectivity index (χ1) is 13.5. The van der Waals surface area contributed by atoms with Crippen molar-refractivity contribution in [3.05, 3.63) is 52.5 Å². The van der Waals surface area contributed by atoms with Gasteiger partial charge in [-0.25, -0.2) is 0 Å². The highest BCUT2D eigenvalue weighted by Gasteiger charge is 2.38. The van der Waals surface area contributed by atoms with Gasteiger partial charge in [0.15, 0.2) is 0 Å². The van der Waals surface area contributed by atoms with E-state index < -0.39 is 24.4 Å². The number of aryl methyl sites for hydroxylation is 1. The second kappa shape index (κ2) is 7.40. The number of rotatable bonds is 4. The molecule has 0 bridgehead atoms. The number of furan rings is 1. The number of fused-ring (bicyclic) bond motifs is 1. The summed E-state index contributed by atoms with van der Waals surface area (Å²) in [7, 11) is 0. The number of hydrogen-bond acceptors (Lipinski definition) is 7. The highest BCUT2D eigenvalue weighted by atomic mass is 16.5. The van der Waals surface area contributed by atoms with Gasteiger partial charge in [-0.1, -0.05) is 6.07 Å². The van der Waals surface area contributed by atoms with Crippen LogP contribution in [0.2, 0.25) is 0 Å². The first kappa shape index (κ1) is 18.7. The number of aliphatic hydroxyl groups excluding tert-OH is 3. The predicted molar refractivity (Wildman–Crippen MR) is 103 cm³/mol. The topological polar surface area (TPSA) is 128 Å². The number of ether oxygens (including phenoxy) is 1. The van der Waals surface area contributed by atoms with E-state index in [9.17, 15) is 15.0 Å². The normalized spacial score (nSPS) is 25.1. The van der Waals surface area contributed by atoms with Crippen molar-refractivity contribution in [1.82, 2.24) is 4.98 Å². The average molecular weight is 386 g/mol. The van der Waals surface area contributed by atoms with Gasteiger partial charge in [0, 0.05) is 11.1 Å². The molecule has 1 fully saturated rings. The number of H-pyrrole nitrogens is 1. The molecular weight excluding hydrogens is 364 g/mol. The summed E-state index contributed by atoms with van der Waals surface area (Å²) in [5, 5.41) is 33.4. The Morgan fingerprint density at radius 1 is 1.25 bits per heavy atom. The lowest BCUT2D eigenvalue weighted by Gasteiger charge is -2.37. The maximum atomic E-state index is 12.6. The van der Waals surface area contributed by atoms with Gasteiger partial charge in [-0.05, 0) is 36.8 Å². The van der Waals surface area contributed by atoms with Crippen LogP contribution in [0.25, 0.3) is 22.2 Å². The van der Waals surface area contributed by atoms with E-state index in [1.54, 1.807) is 18.2 Å². The summed E-state index contributed by atoms with van der Waals surface area (Å²) in [5.74, 6) is 0.512. The molecule has 0 aliphatic carbocycles. The summed E-state index contributed by atoms with van der Waals surface area (Å²) in [6.45, 7) is 1.64. The quantitative estimate of drug-likeness (QED) is 0.452. The fourth-order valence-electron chi connectivity index (χ4n) is 3.66. The standard InChI is InChI=1S/C20H22N2O6/c1-10-12-5-4-11(21-14-9-28-16(8-23)19(25)18(14)24)7-13(12)22-20(26)17(10)15-3-2-6-27-15/h2-7,14,16,18-19,21,23-25H,8-9H2,1H3,(H,22,26)/t14?,16?,18?,19-/m1/s1. The summed E-state index contributed by atoms with van der Waals surface area (Å²) >= 11 is 0. The Hall–Kier alpha value is -2.65. The molecule has 8 heteroatoms. The van der Waals surface area contributed by atoms with E-state index in [1.165, 1.54) is 6.26 Å². The molecule has 3 unspecified atom stereocenters. The zero-order valence-corrected chi connectivity index (χ0v) is 15.3. The van der Waals surface area contributed by atoms with Crippen LogP contribution in [0.4, 0.5) is 5.69 Å². The van der Waals surface area contributed by atoms with Crippen LogP contribution in [0.5, 0.6) is 0 Å². The number of aromatic amines is 1. The highest BCUT2D eigenvalue weighted by Crippen LogP contribution is 2.28. The summed E-state index contributed by atoms with van der Waals surface area (Å²) in [6, 6.07) is 8.40. The fourth-order valence-corrected chi connectivity index (χ4v) is 3.66. The van der Waals surface area contributed by atoms with Crippen molar-refractivity contribution in [1.29, 1.82) is 0 Å². The van der Waals surface area contributed by atoms with Crippen molar-refractivity contribution in [2.24, 2.45) is 0 Å². The molecule has 2 aromatic heterocycles. The SMILES string of the molecule is Cc1c(-c2ccco2)c(=O)[nH]c2cc(NC3COC(CO)[C@@H](O)C3O)ccc12. The van der Waals surface area contributed by atoms with Crippen molar-refractivity contribution in [3.8, 4) is 11.3 Å². The molecule has 8 nitrogen and oxygen atoms in total. The number of benzene rings is 1. The summed E-state index contributed by atoms with van der Waals surface area (Å²) < 4.78 is 10.8. The number of anilines is 1. The lowest BCUT2D eigenvalue weighted by Crippen LogP contribution is -2.56. The van der Waals surface area contributed by atoms with E-state index in [4.69, 9.17) is 14.3 Å². The molecule has 3 aromatic rings. The number of hydrogen-bond donors (Lipinski definition) is 5. The van der Waals surface area contributed by atoms with E-state index in [0.29, 0.717) is 22.5 Å². The Bertz CT molecular complexity index is 1030. The van der Waals surface area contributed by atoms with Crippen molar-refractivity contribution in [3.63, 3.8) is 0 Å². The third-order valence-corrected chi connectivity index (χ3v) is 5.21. The Morgan fingerprint density at radius 2 is 2.07 bits per heavy atom. The van der Waals surface area contributed by atoms with Crippen molar-refractivity contribution in [2.45, 2.75) is 31.3 Å². The lowest BCUT2D eigenvalue weighted by molar-refractivity contribution is -0.152. The van der Waals surface area contributed by atoms with Crippen LogP contribution in [0.15, 0.2) is 45.8 Å². The van der Waals surface area contributed by atoms with E-state index in [1.807, 2.05) is 19.1 Å². The molecular formula is C20H22N2O6. The number of pyridine rings is 1. The van der Waals surface area contributed by atoms with Crippen LogP contribution in [-0.4, -0.2) is 57.9 Å². The lowest BCUT2D eigenvalue weighted by atomic mass is 9.98. The van der Waals surface area contributed by atoms with Gasteiger partial charge >= 0.3 is 0 Å². The largest absolute Gasteiger partial charge is 0.464 e. The van der Waals surface area contributed by atoms with Crippen LogP contribution < -0.4 is 10.9 Å². The van der Waals surface area contributed by atoms with Crippen molar-refractivity contribution >= 4 is 16.6 Å². The first-order valence-corrected chi connectivity index (χ1v) is 9.05. The summed E-state index contributed by atoms with van der Waals surface area (Å²) in [5.41, 5.74) is 2.35. The van der Waals surface area contributed by atoms with Gasteiger partial charge in [0.05, 0.1) is 36.6 Å². The Kier molecular flexibility index (Phi) is 4.94. The van der Waals surface area contributed by atoms with Crippen LogP contribution in [0, 0.1) is 6.92 Å². The number of nitrogens with one attached hydrogen (secondary N) is 2. The molecule has 0 saturated carbocycles. The average Bonchev–Trinajstić information content (AvgIpc) is 3.20. The zero-order valence-electron chi connectivity index (χ0n) is 15.3. The van der Waals surface area contributed by atoms with Gasteiger partial charge < -0.3 is 34.8 Å². The zero-order chi connectivity index (χ0) is 19.8. The molecule has 4 atom stereocenters. The Labute approximate surface area is 160 Å². The van der Waals surface area contributed by atoms with Crippen LogP contribution in [0.3, 0.4) is 0 Å². The minimum Gasteiger partial charge on any atom is -0.464 e. The van der Waals surface area contributed by atoms with Gasteiger partial charge in [-0.3, -0.25) is 4.79 Å². The molecule has 5 N–H and O–H groups in total. The summed E-state index contributed by atoms with van der Waals surface area (Å²) in [4.78, 5) is 15.4. The second-order valence-electron chi connectivity index (χ2n) is 6.98. The van der Waals surface area contributed by atoms with E-state index >= 15 is 0 Å². The maximum absolute atomic E-state index is 12.6. The van der Waals surface area contributed by atoms with Crippen molar-refractivity contribution < 1.29 is 24.5 Å². The van der Waals surface area contributed by atoms with Crippen LogP contribution >= 0.6 is 0 Å². The molecule has 1 saturated heterocycles. The van der Waals surface area contributed by atoms with Gasteiger partial charge in [-0.2, -0.15) is 0 Å². The van der Waals surface area contributed by atoms with E-state index in [2.05, 4.69) is 10.3 Å². The molecule has 148 valence electrons. The molecule has 1 aliphatic heterocycles. The monoisotopic (exact) mass is 386 g/mol. The first-order valence-electron chi connectivity index (χ1n) is 9.05. The minimum atomic E-state index is -1.19. The third kappa shape index (κ3) is 3.20. The summed E-state index contributed by atoms with van der Waals surface area (Å²) in [6.07, 6.45) is -1.55. The van der Waals surface area contributed by atoms with E-state index in [0.717, 1.165) is 10.9 Å². The maximum Gasteiger partial charge on any atom is 0.259 e. The smallest absolute Gasteiger partial charge is 0.259 e. The second-order valence-corrected chi connectivity index (χ2v) is 6.98. The molecule has 1 aromatic carbocycles. The molecule has 0 spiro atoms. The Morgan fingerprint density at radius 3 is 2.79 bits per heavy atom. The van der Waals surface area contributed by atoms with Crippen LogP contribution in [-0.2, 0) is 4.74 Å². The predicted octanol–water partition coefficient (Wildman–Crippen LogP) is 0.990. The number of aliphatic hydroxyl groups is 3.